The zero-order chi connectivity index (χ0) is 8.20. The van der Waals surface area contributed by atoms with Crippen LogP contribution in [0.1, 0.15) is 20.8 Å². The van der Waals surface area contributed by atoms with Gasteiger partial charge in [0.25, 0.3) is 0 Å². The van der Waals surface area contributed by atoms with E-state index in [-0.39, 0.29) is 5.41 Å². The first-order valence-corrected chi connectivity index (χ1v) is 3.28. The fourth-order valence-electron chi connectivity index (χ4n) is 0.449. The van der Waals surface area contributed by atoms with Gasteiger partial charge in [-0.25, -0.2) is 0 Å². The molecule has 0 spiro atoms. The number of rotatable bonds is 2. The van der Waals surface area contributed by atoms with Crippen LogP contribution in [0.3, 0.4) is 0 Å². The lowest BCUT2D eigenvalue weighted by Gasteiger charge is -2.24. The van der Waals surface area contributed by atoms with Gasteiger partial charge in [-0.3, -0.25) is 0 Å². The molecule has 0 amide bonds. The van der Waals surface area contributed by atoms with Crippen LogP contribution in [0.2, 0.25) is 0 Å². The third kappa shape index (κ3) is 3.31. The molecule has 2 N–H and O–H groups in total. The third-order valence-corrected chi connectivity index (χ3v) is 1.37. The summed E-state index contributed by atoms with van der Waals surface area (Å²) in [6, 6.07) is 0. The Hall–Kier alpha value is -0.750. The molecule has 0 saturated carbocycles. The summed E-state index contributed by atoms with van der Waals surface area (Å²) >= 11 is 0. The molecular formula is C7H14N2O. The van der Waals surface area contributed by atoms with Crippen molar-refractivity contribution in [3.05, 3.63) is 0 Å². The zero-order valence-electron chi connectivity index (χ0n) is 6.68. The van der Waals surface area contributed by atoms with Gasteiger partial charge in [0.1, 0.15) is 0 Å². The molecule has 0 aromatic heterocycles. The van der Waals surface area contributed by atoms with Gasteiger partial charge >= 0.3 is 0 Å². The van der Waals surface area contributed by atoms with Crippen molar-refractivity contribution in [2.24, 2.45) is 5.41 Å². The Labute approximate surface area is 61.7 Å². The van der Waals surface area contributed by atoms with Gasteiger partial charge < -0.3 is 10.4 Å². The first-order valence-electron chi connectivity index (χ1n) is 3.28. The summed E-state index contributed by atoms with van der Waals surface area (Å²) in [5.41, 5.74) is -0.149. The fraction of sp³-hybridized carbons (Fsp3) is 0.857. The third-order valence-electron chi connectivity index (χ3n) is 1.37. The van der Waals surface area contributed by atoms with Gasteiger partial charge in [-0.2, -0.15) is 5.26 Å². The normalized spacial score (nSPS) is 13.9. The number of hydrogen-bond acceptors (Lipinski definition) is 3. The maximum absolute atomic E-state index is 9.30. The lowest BCUT2D eigenvalue weighted by atomic mass is 9.89. The first-order chi connectivity index (χ1) is 4.48. The second-order valence-corrected chi connectivity index (χ2v) is 3.37. The summed E-state index contributed by atoms with van der Waals surface area (Å²) in [6.07, 6.45) is 1.30. The standard InChI is InChI=1S/C7H14N2O/c1-7(2,3)6(10)4-9-5-8/h6,9-10H,4H2,1-3H3. The molecule has 1 atom stereocenters. The van der Waals surface area contributed by atoms with Crippen molar-refractivity contribution in [3.8, 4) is 6.19 Å². The van der Waals surface area contributed by atoms with Crippen molar-refractivity contribution in [2.75, 3.05) is 6.54 Å². The second-order valence-electron chi connectivity index (χ2n) is 3.37. The Morgan fingerprint density at radius 3 is 2.40 bits per heavy atom. The molecule has 3 nitrogen and oxygen atoms in total. The van der Waals surface area contributed by atoms with E-state index in [2.05, 4.69) is 5.32 Å². The highest BCUT2D eigenvalue weighted by Gasteiger charge is 2.21. The highest BCUT2D eigenvalue weighted by atomic mass is 16.3. The molecule has 58 valence electrons. The van der Waals surface area contributed by atoms with E-state index >= 15 is 0 Å². The van der Waals surface area contributed by atoms with Crippen LogP contribution in [0.4, 0.5) is 0 Å². The highest BCUT2D eigenvalue weighted by molar-refractivity contribution is 4.78. The average Bonchev–Trinajstić information content (AvgIpc) is 1.80. The number of nitriles is 1. The molecule has 0 aromatic carbocycles. The van der Waals surface area contributed by atoms with E-state index in [1.807, 2.05) is 20.8 Å². The van der Waals surface area contributed by atoms with E-state index in [1.165, 1.54) is 0 Å². The van der Waals surface area contributed by atoms with Gasteiger partial charge in [0, 0.05) is 0 Å². The maximum Gasteiger partial charge on any atom is 0.176 e. The summed E-state index contributed by atoms with van der Waals surface area (Å²) in [4.78, 5) is 0. The smallest absolute Gasteiger partial charge is 0.176 e. The molecule has 0 rings (SSSR count). The molecule has 0 radical (unpaired) electrons. The van der Waals surface area contributed by atoms with Crippen LogP contribution < -0.4 is 5.32 Å². The minimum atomic E-state index is -0.466. The van der Waals surface area contributed by atoms with E-state index < -0.39 is 6.10 Å². The van der Waals surface area contributed by atoms with Gasteiger partial charge in [0.15, 0.2) is 6.19 Å². The molecule has 0 saturated heterocycles. The van der Waals surface area contributed by atoms with E-state index in [1.54, 1.807) is 6.19 Å². The van der Waals surface area contributed by atoms with Crippen molar-refractivity contribution in [1.29, 1.82) is 5.26 Å². The molecule has 0 aliphatic carbocycles. The second kappa shape index (κ2) is 3.43. The van der Waals surface area contributed by atoms with Crippen molar-refractivity contribution < 1.29 is 5.11 Å². The predicted octanol–water partition coefficient (Wildman–Crippen LogP) is 0.464. The number of aliphatic hydroxyl groups excluding tert-OH is 1. The van der Waals surface area contributed by atoms with E-state index in [0.717, 1.165) is 0 Å². The van der Waals surface area contributed by atoms with Crippen LogP contribution in [0, 0.1) is 16.9 Å². The van der Waals surface area contributed by atoms with Crippen molar-refractivity contribution in [1.82, 2.24) is 5.32 Å². The van der Waals surface area contributed by atoms with E-state index in [0.29, 0.717) is 6.54 Å². The topological polar surface area (TPSA) is 56.0 Å². The van der Waals surface area contributed by atoms with Gasteiger partial charge in [0.2, 0.25) is 0 Å². The molecule has 0 aromatic rings. The number of nitrogens with one attached hydrogen (secondary N) is 1. The van der Waals surface area contributed by atoms with Crippen molar-refractivity contribution in [2.45, 2.75) is 26.9 Å². The van der Waals surface area contributed by atoms with Crippen LogP contribution in [0.25, 0.3) is 0 Å². The molecular weight excluding hydrogens is 128 g/mol. The van der Waals surface area contributed by atoms with Gasteiger partial charge in [-0.05, 0) is 5.41 Å². The molecule has 10 heavy (non-hydrogen) atoms. The van der Waals surface area contributed by atoms with Crippen LogP contribution in [0.5, 0.6) is 0 Å². The molecule has 0 aliphatic rings. The number of aliphatic hydroxyl groups is 1. The molecule has 1 unspecified atom stereocenters. The Bertz CT molecular complexity index is 132. The first kappa shape index (κ1) is 9.25. The van der Waals surface area contributed by atoms with E-state index in [4.69, 9.17) is 5.26 Å². The van der Waals surface area contributed by atoms with Gasteiger partial charge in [-0.1, -0.05) is 20.8 Å². The zero-order valence-corrected chi connectivity index (χ0v) is 6.68. The van der Waals surface area contributed by atoms with Crippen LogP contribution in [-0.2, 0) is 0 Å². The Morgan fingerprint density at radius 1 is 1.60 bits per heavy atom. The summed E-state index contributed by atoms with van der Waals surface area (Å²) in [5.74, 6) is 0. The molecule has 0 fully saturated rings. The lowest BCUT2D eigenvalue weighted by Crippen LogP contribution is -2.34. The van der Waals surface area contributed by atoms with Crippen LogP contribution in [-0.4, -0.2) is 17.8 Å². The average molecular weight is 142 g/mol. The Balaban J connectivity index is 3.65. The van der Waals surface area contributed by atoms with Crippen LogP contribution in [0.15, 0.2) is 0 Å². The SMILES string of the molecule is CC(C)(C)C(O)CNC#N. The summed E-state index contributed by atoms with van der Waals surface area (Å²) < 4.78 is 0. The predicted molar refractivity (Wildman–Crippen MR) is 39.1 cm³/mol. The maximum atomic E-state index is 9.30. The molecule has 0 bridgehead atoms. The quantitative estimate of drug-likeness (QED) is 0.435. The molecule has 3 heteroatoms. The monoisotopic (exact) mass is 142 g/mol. The van der Waals surface area contributed by atoms with Gasteiger partial charge in [-0.15, -0.1) is 0 Å². The fourth-order valence-corrected chi connectivity index (χ4v) is 0.449. The van der Waals surface area contributed by atoms with Crippen LogP contribution >= 0.6 is 0 Å². The van der Waals surface area contributed by atoms with Gasteiger partial charge in [0.05, 0.1) is 12.6 Å². The number of nitrogens with zero attached hydrogens (tertiary/aromatic N) is 1. The summed E-state index contributed by atoms with van der Waals surface area (Å²) in [5, 5.41) is 19.8. The molecule has 0 heterocycles. The largest absolute Gasteiger partial charge is 0.391 e. The minimum absolute atomic E-state index is 0.149. The Morgan fingerprint density at radius 2 is 2.10 bits per heavy atom. The Kier molecular flexibility index (Phi) is 3.17. The highest BCUT2D eigenvalue weighted by Crippen LogP contribution is 2.17. The minimum Gasteiger partial charge on any atom is -0.391 e. The molecule has 0 aliphatic heterocycles. The summed E-state index contributed by atoms with van der Waals surface area (Å²) in [6.45, 7) is 6.12. The van der Waals surface area contributed by atoms with E-state index in [9.17, 15) is 5.11 Å². The summed E-state index contributed by atoms with van der Waals surface area (Å²) in [7, 11) is 0. The van der Waals surface area contributed by atoms with Crippen molar-refractivity contribution >= 4 is 0 Å². The lowest BCUT2D eigenvalue weighted by molar-refractivity contribution is 0.0663. The van der Waals surface area contributed by atoms with Crippen molar-refractivity contribution in [3.63, 3.8) is 0 Å². The number of hydrogen-bond donors (Lipinski definition) is 2.